The van der Waals surface area contributed by atoms with Gasteiger partial charge in [0, 0.05) is 37.5 Å². The van der Waals surface area contributed by atoms with Gasteiger partial charge < -0.3 is 39.4 Å². The number of ether oxygens (including phenoxy) is 4. The highest BCUT2D eigenvalue weighted by molar-refractivity contribution is 5.89. The van der Waals surface area contributed by atoms with E-state index in [1.54, 1.807) is 58.0 Å². The van der Waals surface area contributed by atoms with Crippen LogP contribution in [0.3, 0.4) is 0 Å². The van der Waals surface area contributed by atoms with Gasteiger partial charge in [-0.3, -0.25) is 9.59 Å². The van der Waals surface area contributed by atoms with E-state index in [1.165, 1.54) is 13.8 Å². The average Bonchev–Trinajstić information content (AvgIpc) is 2.90. The fraction of sp³-hybridized carbons (Fsp3) is 0.645. The SMILES string of the molecule is CC(=O)O[C@@H]1C2=C(C)[C@@H](O)C[C@@](O)([C@@H](OC(=O)c3ccccc3)[C@@H]3[C@]4(OC(C)=O)CO[C@@H]4C[C@H](O)[C@@]3(C)[C@H]1O)C2(C)C. The summed E-state index contributed by atoms with van der Waals surface area (Å²) in [4.78, 5) is 38.7. The second-order valence-electron chi connectivity index (χ2n) is 13.0. The van der Waals surface area contributed by atoms with Crippen molar-refractivity contribution in [2.45, 2.75) is 102 Å². The zero-order chi connectivity index (χ0) is 31.0. The van der Waals surface area contributed by atoms with Gasteiger partial charge in [0.05, 0.1) is 30.3 Å². The number of fused-ring (bicyclic) bond motifs is 5. The van der Waals surface area contributed by atoms with Crippen LogP contribution in [0.15, 0.2) is 41.5 Å². The molecule has 5 rings (SSSR count). The Labute approximate surface area is 244 Å². The lowest BCUT2D eigenvalue weighted by Gasteiger charge is -2.69. The van der Waals surface area contributed by atoms with Crippen LogP contribution < -0.4 is 0 Å². The number of aliphatic hydroxyl groups excluding tert-OH is 3. The first-order valence-electron chi connectivity index (χ1n) is 14.2. The van der Waals surface area contributed by atoms with Crippen molar-refractivity contribution in [2.75, 3.05) is 6.61 Å². The number of esters is 3. The lowest BCUT2D eigenvalue weighted by molar-refractivity contribution is -0.365. The molecule has 0 aromatic heterocycles. The zero-order valence-corrected chi connectivity index (χ0v) is 24.7. The Kier molecular flexibility index (Phi) is 7.38. The minimum atomic E-state index is -2.07. The second kappa shape index (κ2) is 10.1. The number of hydrogen-bond donors (Lipinski definition) is 4. The molecule has 42 heavy (non-hydrogen) atoms. The van der Waals surface area contributed by atoms with Gasteiger partial charge in [-0.2, -0.15) is 0 Å². The molecule has 11 nitrogen and oxygen atoms in total. The lowest BCUT2D eigenvalue weighted by atomic mass is 9.44. The highest BCUT2D eigenvalue weighted by Crippen LogP contribution is 2.65. The minimum Gasteiger partial charge on any atom is -0.455 e. The van der Waals surface area contributed by atoms with Gasteiger partial charge in [-0.25, -0.2) is 4.79 Å². The summed E-state index contributed by atoms with van der Waals surface area (Å²) in [6, 6.07) is 8.12. The van der Waals surface area contributed by atoms with Crippen molar-refractivity contribution in [1.82, 2.24) is 0 Å². The van der Waals surface area contributed by atoms with Crippen molar-refractivity contribution in [1.29, 1.82) is 0 Å². The number of carbonyl (C=O) groups is 3. The molecular weight excluding hydrogens is 548 g/mol. The Hall–Kier alpha value is -2.83. The molecule has 4 N–H and O–H groups in total. The van der Waals surface area contributed by atoms with Crippen LogP contribution in [0.25, 0.3) is 0 Å². The molecule has 0 spiro atoms. The average molecular weight is 589 g/mol. The molecule has 2 saturated carbocycles. The molecule has 0 radical (unpaired) electrons. The lowest BCUT2D eigenvalue weighted by Crippen LogP contribution is -2.82. The molecule has 11 heteroatoms. The van der Waals surface area contributed by atoms with E-state index in [2.05, 4.69) is 0 Å². The fourth-order valence-corrected chi connectivity index (χ4v) is 8.15. The first-order chi connectivity index (χ1) is 19.5. The molecule has 1 aromatic carbocycles. The summed E-state index contributed by atoms with van der Waals surface area (Å²) in [6.45, 7) is 8.75. The van der Waals surface area contributed by atoms with Gasteiger partial charge in [0.2, 0.25) is 0 Å². The molecule has 10 atom stereocenters. The molecule has 3 fully saturated rings. The molecule has 4 aliphatic rings. The van der Waals surface area contributed by atoms with Crippen LogP contribution in [0.4, 0.5) is 0 Å². The van der Waals surface area contributed by atoms with Crippen molar-refractivity contribution < 1.29 is 53.8 Å². The van der Waals surface area contributed by atoms with Gasteiger partial charge in [-0.15, -0.1) is 0 Å². The maximum Gasteiger partial charge on any atom is 0.338 e. The summed E-state index contributed by atoms with van der Waals surface area (Å²) in [5, 5.41) is 48.2. The topological polar surface area (TPSA) is 169 Å². The van der Waals surface area contributed by atoms with Crippen LogP contribution in [-0.4, -0.2) is 92.8 Å². The molecule has 0 amide bonds. The predicted molar refractivity (Wildman–Crippen MR) is 146 cm³/mol. The van der Waals surface area contributed by atoms with Crippen LogP contribution in [-0.2, 0) is 28.5 Å². The summed E-state index contributed by atoms with van der Waals surface area (Å²) in [5.74, 6) is -3.46. The Morgan fingerprint density at radius 1 is 0.976 bits per heavy atom. The van der Waals surface area contributed by atoms with E-state index in [0.717, 1.165) is 0 Å². The summed E-state index contributed by atoms with van der Waals surface area (Å²) in [7, 11) is 0. The quantitative estimate of drug-likeness (QED) is 0.228. The molecule has 1 aromatic rings. The largest absolute Gasteiger partial charge is 0.455 e. The molecule has 3 aliphatic carbocycles. The van der Waals surface area contributed by atoms with E-state index in [0.29, 0.717) is 5.57 Å². The van der Waals surface area contributed by atoms with Gasteiger partial charge in [0.15, 0.2) is 11.7 Å². The van der Waals surface area contributed by atoms with E-state index < -0.39 is 82.5 Å². The Morgan fingerprint density at radius 2 is 1.62 bits per heavy atom. The normalized spacial score (nSPS) is 42.1. The second-order valence-corrected chi connectivity index (χ2v) is 13.0. The van der Waals surface area contributed by atoms with Gasteiger partial charge >= 0.3 is 17.9 Å². The van der Waals surface area contributed by atoms with Crippen LogP contribution in [0.1, 0.15) is 64.7 Å². The monoisotopic (exact) mass is 588 g/mol. The molecule has 1 heterocycles. The number of aliphatic hydroxyl groups is 4. The number of hydrogen-bond acceptors (Lipinski definition) is 11. The van der Waals surface area contributed by atoms with Crippen molar-refractivity contribution >= 4 is 17.9 Å². The van der Waals surface area contributed by atoms with Crippen LogP contribution in [0.5, 0.6) is 0 Å². The van der Waals surface area contributed by atoms with Crippen LogP contribution >= 0.6 is 0 Å². The number of carbonyl (C=O) groups excluding carboxylic acids is 3. The third-order valence-electron chi connectivity index (χ3n) is 10.4. The molecular formula is C31H40O11. The van der Waals surface area contributed by atoms with E-state index in [4.69, 9.17) is 18.9 Å². The van der Waals surface area contributed by atoms with Gasteiger partial charge in [-0.05, 0) is 30.2 Å². The molecule has 1 saturated heterocycles. The minimum absolute atomic E-state index is 0.0496. The number of benzene rings is 1. The Balaban J connectivity index is 1.83. The molecule has 1 aliphatic heterocycles. The summed E-state index contributed by atoms with van der Waals surface area (Å²) >= 11 is 0. The Bertz CT molecular complexity index is 1310. The Morgan fingerprint density at radius 3 is 2.17 bits per heavy atom. The molecule has 2 bridgehead atoms. The van der Waals surface area contributed by atoms with Crippen molar-refractivity contribution in [3.63, 3.8) is 0 Å². The van der Waals surface area contributed by atoms with Crippen molar-refractivity contribution in [2.24, 2.45) is 16.7 Å². The van der Waals surface area contributed by atoms with Crippen molar-refractivity contribution in [3.05, 3.63) is 47.0 Å². The third kappa shape index (κ3) is 4.16. The van der Waals surface area contributed by atoms with Crippen LogP contribution in [0, 0.1) is 16.7 Å². The van der Waals surface area contributed by atoms with E-state index in [9.17, 15) is 34.8 Å². The van der Waals surface area contributed by atoms with Crippen LogP contribution in [0.2, 0.25) is 0 Å². The summed E-state index contributed by atoms with van der Waals surface area (Å²) < 4.78 is 23.7. The standard InChI is InChI=1S/C31H40O11/c1-15-19(34)13-31(38)26(41-27(37)18-10-8-7-9-11-18)24-29(6,20(35)12-21-30(24,14-39-21)42-17(3)33)25(36)23(40-16(2)32)22(15)28(31,4)5/h7-11,19-21,23-26,34-36,38H,12-14H2,1-6H3/t19-,20-,21+,23+,24-,25-,26-,29+,30-,31+/m0/s1. The van der Waals surface area contributed by atoms with E-state index in [-0.39, 0.29) is 30.6 Å². The fourth-order valence-electron chi connectivity index (χ4n) is 8.15. The van der Waals surface area contributed by atoms with E-state index >= 15 is 0 Å². The van der Waals surface area contributed by atoms with E-state index in [1.807, 2.05) is 0 Å². The number of rotatable bonds is 4. The highest BCUT2D eigenvalue weighted by atomic mass is 16.6. The summed E-state index contributed by atoms with van der Waals surface area (Å²) in [6.07, 6.45) is -8.39. The van der Waals surface area contributed by atoms with Crippen molar-refractivity contribution in [3.8, 4) is 0 Å². The third-order valence-corrected chi connectivity index (χ3v) is 10.4. The van der Waals surface area contributed by atoms with Gasteiger partial charge in [0.25, 0.3) is 0 Å². The highest BCUT2D eigenvalue weighted by Gasteiger charge is 2.78. The zero-order valence-electron chi connectivity index (χ0n) is 24.7. The van der Waals surface area contributed by atoms with Gasteiger partial charge in [0.1, 0.15) is 23.9 Å². The first-order valence-corrected chi connectivity index (χ1v) is 14.2. The molecule has 230 valence electrons. The smallest absolute Gasteiger partial charge is 0.338 e. The molecule has 0 unspecified atom stereocenters. The van der Waals surface area contributed by atoms with Gasteiger partial charge in [-0.1, -0.05) is 39.0 Å². The summed E-state index contributed by atoms with van der Waals surface area (Å²) in [5.41, 5.74) is -5.84. The first kappa shape index (κ1) is 30.6. The maximum atomic E-state index is 13.7. The maximum absolute atomic E-state index is 13.7. The predicted octanol–water partition coefficient (Wildman–Crippen LogP) is 1.44.